The molecule has 2 aliphatic rings. The van der Waals surface area contributed by atoms with Gasteiger partial charge in [0.1, 0.15) is 5.70 Å². The third-order valence-corrected chi connectivity index (χ3v) is 6.02. The van der Waals surface area contributed by atoms with Crippen LogP contribution in [0.1, 0.15) is 42.4 Å². The fourth-order valence-electron chi connectivity index (χ4n) is 4.10. The maximum Gasteiger partial charge on any atom is 0.265 e. The van der Waals surface area contributed by atoms with Crippen LogP contribution in [0.15, 0.2) is 30.0 Å². The van der Waals surface area contributed by atoms with Crippen molar-refractivity contribution in [2.24, 2.45) is 11.7 Å². The molecule has 2 fully saturated rings. The molecular weight excluding hydrogens is 324 g/mol. The molecule has 1 aliphatic carbocycles. The Morgan fingerprint density at radius 3 is 2.50 bits per heavy atom. The lowest BCUT2D eigenvalue weighted by atomic mass is 9.71. The lowest BCUT2D eigenvalue weighted by Gasteiger charge is -2.37. The summed E-state index contributed by atoms with van der Waals surface area (Å²) >= 11 is 0. The van der Waals surface area contributed by atoms with Gasteiger partial charge in [0, 0.05) is 38.9 Å². The smallest absolute Gasteiger partial charge is 0.265 e. The number of amides is 1. The maximum absolute atomic E-state index is 11.5. The molecule has 3 rings (SSSR count). The van der Waals surface area contributed by atoms with Gasteiger partial charge in [-0.3, -0.25) is 9.69 Å². The number of rotatable bonds is 6. The average molecular weight is 354 g/mol. The standard InChI is InChI=1S/C21H30N4O/c1-15-3-6-19(15)17-4-5-18(16(2)13-17)14-24-9-11-25(12-10-24)20(7-8-22)21(23)26/h4-5,7-8,13,15,19,22H,3,6,9-12,14H2,1-2H3,(H2,23,26)/b20-7+,22-8?/t15-,19-/m1/s1. The molecule has 5 heteroatoms. The van der Waals surface area contributed by atoms with Gasteiger partial charge in [-0.15, -0.1) is 0 Å². The molecule has 0 aromatic heterocycles. The Kier molecular flexibility index (Phi) is 5.77. The molecule has 3 N–H and O–H groups in total. The molecule has 1 aromatic carbocycles. The van der Waals surface area contributed by atoms with E-state index in [9.17, 15) is 4.79 Å². The summed E-state index contributed by atoms with van der Waals surface area (Å²) in [6.45, 7) is 8.83. The minimum Gasteiger partial charge on any atom is -0.364 e. The number of carbonyl (C=O) groups is 1. The summed E-state index contributed by atoms with van der Waals surface area (Å²) in [6.07, 6.45) is 5.30. The van der Waals surface area contributed by atoms with E-state index in [1.54, 1.807) is 0 Å². The zero-order valence-corrected chi connectivity index (χ0v) is 15.9. The van der Waals surface area contributed by atoms with Crippen molar-refractivity contribution in [3.63, 3.8) is 0 Å². The van der Waals surface area contributed by atoms with E-state index in [1.165, 1.54) is 35.6 Å². The molecule has 1 amide bonds. The van der Waals surface area contributed by atoms with Crippen LogP contribution in [-0.2, 0) is 11.3 Å². The molecule has 2 atom stereocenters. The summed E-state index contributed by atoms with van der Waals surface area (Å²) in [4.78, 5) is 15.9. The summed E-state index contributed by atoms with van der Waals surface area (Å²) in [5, 5.41) is 7.19. The van der Waals surface area contributed by atoms with Gasteiger partial charge in [0.05, 0.1) is 0 Å². The van der Waals surface area contributed by atoms with Gasteiger partial charge in [0.25, 0.3) is 5.91 Å². The highest BCUT2D eigenvalue weighted by atomic mass is 16.1. The Morgan fingerprint density at radius 2 is 2.00 bits per heavy atom. The molecule has 1 heterocycles. The number of aryl methyl sites for hydroxylation is 1. The highest BCUT2D eigenvalue weighted by Crippen LogP contribution is 2.42. The Labute approximate surface area is 156 Å². The van der Waals surface area contributed by atoms with E-state index in [4.69, 9.17) is 11.1 Å². The van der Waals surface area contributed by atoms with Gasteiger partial charge in [-0.25, -0.2) is 0 Å². The molecule has 0 bridgehead atoms. The number of nitrogens with zero attached hydrogens (tertiary/aromatic N) is 2. The van der Waals surface area contributed by atoms with Crippen LogP contribution in [0.2, 0.25) is 0 Å². The average Bonchev–Trinajstić information content (AvgIpc) is 2.61. The molecule has 0 unspecified atom stereocenters. The van der Waals surface area contributed by atoms with Crippen LogP contribution in [0.3, 0.4) is 0 Å². The molecule has 0 radical (unpaired) electrons. The van der Waals surface area contributed by atoms with Crippen LogP contribution in [-0.4, -0.2) is 48.1 Å². The topological polar surface area (TPSA) is 73.4 Å². The van der Waals surface area contributed by atoms with E-state index in [0.717, 1.165) is 50.8 Å². The second kappa shape index (κ2) is 8.04. The van der Waals surface area contributed by atoms with Crippen molar-refractivity contribution in [3.8, 4) is 0 Å². The quantitative estimate of drug-likeness (QED) is 0.609. The lowest BCUT2D eigenvalue weighted by Crippen LogP contribution is -2.47. The number of carbonyl (C=O) groups excluding carboxylic acids is 1. The van der Waals surface area contributed by atoms with Crippen molar-refractivity contribution >= 4 is 12.1 Å². The number of nitrogens with one attached hydrogen (secondary N) is 1. The van der Waals surface area contributed by atoms with Crippen LogP contribution in [0, 0.1) is 18.3 Å². The van der Waals surface area contributed by atoms with E-state index in [-0.39, 0.29) is 0 Å². The van der Waals surface area contributed by atoms with Crippen molar-refractivity contribution in [1.82, 2.24) is 9.80 Å². The third-order valence-electron chi connectivity index (χ3n) is 6.02. The van der Waals surface area contributed by atoms with E-state index in [1.807, 2.05) is 4.90 Å². The van der Waals surface area contributed by atoms with Crippen molar-refractivity contribution in [2.45, 2.75) is 39.2 Å². The molecule has 1 saturated carbocycles. The second-order valence-electron chi connectivity index (χ2n) is 7.69. The number of primary amides is 1. The molecule has 0 spiro atoms. The molecule has 140 valence electrons. The van der Waals surface area contributed by atoms with Gasteiger partial charge in [-0.05, 0) is 54.4 Å². The second-order valence-corrected chi connectivity index (χ2v) is 7.69. The first-order chi connectivity index (χ1) is 12.5. The minimum absolute atomic E-state index is 0.440. The Morgan fingerprint density at radius 1 is 1.27 bits per heavy atom. The Bertz CT molecular complexity index is 704. The number of benzene rings is 1. The Hall–Kier alpha value is -2.14. The van der Waals surface area contributed by atoms with Crippen LogP contribution in [0.5, 0.6) is 0 Å². The van der Waals surface area contributed by atoms with Crippen LogP contribution in [0.25, 0.3) is 0 Å². The van der Waals surface area contributed by atoms with E-state index in [2.05, 4.69) is 36.9 Å². The first kappa shape index (κ1) is 18.6. The minimum atomic E-state index is -0.460. The first-order valence-electron chi connectivity index (χ1n) is 9.57. The van der Waals surface area contributed by atoms with Gasteiger partial charge >= 0.3 is 0 Å². The maximum atomic E-state index is 11.5. The van der Waals surface area contributed by atoms with Gasteiger partial charge in [-0.1, -0.05) is 25.1 Å². The monoisotopic (exact) mass is 354 g/mol. The highest BCUT2D eigenvalue weighted by molar-refractivity contribution is 5.95. The fourth-order valence-corrected chi connectivity index (χ4v) is 4.10. The first-order valence-corrected chi connectivity index (χ1v) is 9.57. The number of piperazine rings is 1. The number of hydrogen-bond acceptors (Lipinski definition) is 4. The normalized spacial score (nSPS) is 24.2. The number of nitrogens with two attached hydrogens (primary N) is 1. The summed E-state index contributed by atoms with van der Waals surface area (Å²) in [7, 11) is 0. The molecule has 26 heavy (non-hydrogen) atoms. The Balaban J connectivity index is 1.58. The molecular formula is C21H30N4O. The number of allylic oxidation sites excluding steroid dienone is 1. The predicted octanol–water partition coefficient (Wildman–Crippen LogP) is 2.64. The zero-order chi connectivity index (χ0) is 18.7. The molecule has 1 aromatic rings. The van der Waals surface area contributed by atoms with E-state index < -0.39 is 5.91 Å². The predicted molar refractivity (Wildman–Crippen MR) is 105 cm³/mol. The fraction of sp³-hybridized carbons (Fsp3) is 0.524. The molecule has 5 nitrogen and oxygen atoms in total. The molecule has 1 saturated heterocycles. The van der Waals surface area contributed by atoms with Crippen LogP contribution < -0.4 is 5.73 Å². The zero-order valence-electron chi connectivity index (χ0n) is 15.9. The lowest BCUT2D eigenvalue weighted by molar-refractivity contribution is -0.116. The van der Waals surface area contributed by atoms with Crippen molar-refractivity contribution in [1.29, 1.82) is 5.41 Å². The van der Waals surface area contributed by atoms with Gasteiger partial charge in [0.2, 0.25) is 0 Å². The van der Waals surface area contributed by atoms with Crippen LogP contribution in [0.4, 0.5) is 0 Å². The summed E-state index contributed by atoms with van der Waals surface area (Å²) in [5.41, 5.74) is 10.1. The SMILES string of the molecule is Cc1cc([C@@H]2CC[C@H]2C)ccc1CN1CCN(/C(=C/C=N)C(N)=O)CC1. The van der Waals surface area contributed by atoms with Crippen molar-refractivity contribution < 1.29 is 4.79 Å². The molecule has 1 aliphatic heterocycles. The van der Waals surface area contributed by atoms with E-state index in [0.29, 0.717) is 5.70 Å². The van der Waals surface area contributed by atoms with Gasteiger partial charge in [-0.2, -0.15) is 0 Å². The van der Waals surface area contributed by atoms with Crippen molar-refractivity contribution in [2.75, 3.05) is 26.2 Å². The summed E-state index contributed by atoms with van der Waals surface area (Å²) in [5.74, 6) is 1.11. The highest BCUT2D eigenvalue weighted by Gasteiger charge is 2.28. The van der Waals surface area contributed by atoms with Crippen LogP contribution >= 0.6 is 0 Å². The largest absolute Gasteiger partial charge is 0.364 e. The number of hydrogen-bond donors (Lipinski definition) is 2. The van der Waals surface area contributed by atoms with Crippen molar-refractivity contribution in [3.05, 3.63) is 46.7 Å². The third kappa shape index (κ3) is 3.98. The summed E-state index contributed by atoms with van der Waals surface area (Å²) in [6, 6.07) is 6.99. The summed E-state index contributed by atoms with van der Waals surface area (Å²) < 4.78 is 0. The van der Waals surface area contributed by atoms with Gasteiger partial charge in [0.15, 0.2) is 0 Å². The van der Waals surface area contributed by atoms with Gasteiger partial charge < -0.3 is 16.0 Å². The van der Waals surface area contributed by atoms with E-state index >= 15 is 0 Å².